The third-order valence-electron chi connectivity index (χ3n) is 1.27. The predicted molar refractivity (Wildman–Crippen MR) is 45.8 cm³/mol. The van der Waals surface area contributed by atoms with E-state index in [0.29, 0.717) is 0 Å². The van der Waals surface area contributed by atoms with Crippen molar-refractivity contribution < 1.29 is 4.39 Å². The van der Waals surface area contributed by atoms with Crippen LogP contribution in [0.2, 0.25) is 0 Å². The monoisotopic (exact) mass is 178 g/mol. The van der Waals surface area contributed by atoms with E-state index < -0.39 is 5.82 Å². The summed E-state index contributed by atoms with van der Waals surface area (Å²) in [5.74, 6) is -0.594. The van der Waals surface area contributed by atoms with Gasteiger partial charge in [-0.05, 0) is 24.4 Å². The quantitative estimate of drug-likeness (QED) is 0.489. The van der Waals surface area contributed by atoms with Gasteiger partial charge in [-0.3, -0.25) is 0 Å². The topological polar surface area (TPSA) is 36.1 Å². The standard InChI is InChI=1S/C8H3FN2S/c9-7-2-1-3-8(11-5-12)6(7)4-10/h1-3H. The van der Waals surface area contributed by atoms with Crippen LogP contribution in [0.25, 0.3) is 0 Å². The van der Waals surface area contributed by atoms with Crippen molar-refractivity contribution in [3.05, 3.63) is 29.6 Å². The van der Waals surface area contributed by atoms with Crippen molar-refractivity contribution in [2.45, 2.75) is 0 Å². The largest absolute Gasteiger partial charge is 0.205 e. The van der Waals surface area contributed by atoms with Gasteiger partial charge in [-0.1, -0.05) is 6.07 Å². The van der Waals surface area contributed by atoms with Crippen molar-refractivity contribution in [1.82, 2.24) is 0 Å². The Labute approximate surface area is 74.0 Å². The summed E-state index contributed by atoms with van der Waals surface area (Å²) in [6, 6.07) is 5.85. The van der Waals surface area contributed by atoms with Crippen LogP contribution in [0.3, 0.4) is 0 Å². The van der Waals surface area contributed by atoms with Crippen LogP contribution in [0.4, 0.5) is 10.1 Å². The first-order valence-corrected chi connectivity index (χ1v) is 3.47. The molecular formula is C8H3FN2S. The molecule has 0 spiro atoms. The molecule has 0 saturated carbocycles. The second-order valence-electron chi connectivity index (χ2n) is 1.95. The molecule has 0 atom stereocenters. The Morgan fingerprint density at radius 3 is 2.83 bits per heavy atom. The van der Waals surface area contributed by atoms with Crippen LogP contribution in [0.1, 0.15) is 5.56 Å². The third-order valence-corrected chi connectivity index (χ3v) is 1.36. The van der Waals surface area contributed by atoms with Crippen LogP contribution >= 0.6 is 12.2 Å². The van der Waals surface area contributed by atoms with E-state index in [0.717, 1.165) is 0 Å². The third kappa shape index (κ3) is 1.54. The summed E-state index contributed by atoms with van der Waals surface area (Å²) in [4.78, 5) is 3.54. The normalized spacial score (nSPS) is 8.33. The van der Waals surface area contributed by atoms with Gasteiger partial charge in [0.1, 0.15) is 17.4 Å². The maximum atomic E-state index is 12.8. The van der Waals surface area contributed by atoms with Crippen LogP contribution in [-0.2, 0) is 0 Å². The van der Waals surface area contributed by atoms with Crippen molar-refractivity contribution in [2.75, 3.05) is 0 Å². The molecule has 0 bridgehead atoms. The first-order valence-electron chi connectivity index (χ1n) is 3.06. The van der Waals surface area contributed by atoms with Gasteiger partial charge < -0.3 is 0 Å². The fourth-order valence-corrected chi connectivity index (χ4v) is 0.864. The van der Waals surface area contributed by atoms with E-state index in [1.54, 1.807) is 6.07 Å². The van der Waals surface area contributed by atoms with Gasteiger partial charge in [0.25, 0.3) is 0 Å². The summed E-state index contributed by atoms with van der Waals surface area (Å²) in [7, 11) is 0. The first-order chi connectivity index (χ1) is 5.79. The van der Waals surface area contributed by atoms with Crippen molar-refractivity contribution in [3.63, 3.8) is 0 Å². The number of hydrogen-bond acceptors (Lipinski definition) is 3. The number of nitriles is 1. The highest BCUT2D eigenvalue weighted by Gasteiger charge is 2.05. The summed E-state index contributed by atoms with van der Waals surface area (Å²) in [6.07, 6.45) is 0. The van der Waals surface area contributed by atoms with Crippen molar-refractivity contribution in [2.24, 2.45) is 4.99 Å². The number of nitrogens with zero attached hydrogens (tertiary/aromatic N) is 2. The average Bonchev–Trinajstić information content (AvgIpc) is 2.05. The Bertz CT molecular complexity index is 389. The Kier molecular flexibility index (Phi) is 2.65. The Hall–Kier alpha value is -1.56. The maximum absolute atomic E-state index is 12.8. The second kappa shape index (κ2) is 3.72. The molecule has 0 heterocycles. The highest BCUT2D eigenvalue weighted by Crippen LogP contribution is 2.19. The lowest BCUT2D eigenvalue weighted by Crippen LogP contribution is -1.82. The van der Waals surface area contributed by atoms with E-state index in [-0.39, 0.29) is 11.3 Å². The predicted octanol–water partition coefficient (Wildman–Crippen LogP) is 2.43. The molecular weight excluding hydrogens is 175 g/mol. The molecule has 0 aliphatic rings. The molecule has 2 nitrogen and oxygen atoms in total. The highest BCUT2D eigenvalue weighted by atomic mass is 32.1. The lowest BCUT2D eigenvalue weighted by Gasteiger charge is -1.94. The van der Waals surface area contributed by atoms with E-state index in [2.05, 4.69) is 22.4 Å². The summed E-state index contributed by atoms with van der Waals surface area (Å²) >= 11 is 4.34. The lowest BCUT2D eigenvalue weighted by atomic mass is 10.2. The van der Waals surface area contributed by atoms with Gasteiger partial charge in [-0.2, -0.15) is 10.3 Å². The number of halogens is 1. The van der Waals surface area contributed by atoms with Gasteiger partial charge in [0.15, 0.2) is 0 Å². The Balaban J connectivity index is 3.39. The number of hydrogen-bond donors (Lipinski definition) is 0. The molecule has 0 fully saturated rings. The zero-order valence-electron chi connectivity index (χ0n) is 5.91. The molecule has 0 aliphatic carbocycles. The number of rotatable bonds is 1. The zero-order valence-corrected chi connectivity index (χ0v) is 6.73. The minimum absolute atomic E-state index is 0.102. The molecule has 0 amide bonds. The average molecular weight is 178 g/mol. The van der Waals surface area contributed by atoms with Gasteiger partial charge in [0, 0.05) is 0 Å². The minimum atomic E-state index is -0.594. The van der Waals surface area contributed by atoms with Crippen LogP contribution in [0, 0.1) is 17.1 Å². The molecule has 1 rings (SSSR count). The van der Waals surface area contributed by atoms with E-state index in [1.165, 1.54) is 18.2 Å². The minimum Gasteiger partial charge on any atom is -0.205 e. The van der Waals surface area contributed by atoms with Gasteiger partial charge >= 0.3 is 0 Å². The van der Waals surface area contributed by atoms with E-state index in [9.17, 15) is 4.39 Å². The van der Waals surface area contributed by atoms with Crippen molar-refractivity contribution in [1.29, 1.82) is 5.26 Å². The first kappa shape index (κ1) is 8.54. The summed E-state index contributed by atoms with van der Waals surface area (Å²) in [5.41, 5.74) is 0.113. The SMILES string of the molecule is N#Cc1c(F)cccc1N=C=S. The van der Waals surface area contributed by atoms with Crippen LogP contribution in [0.5, 0.6) is 0 Å². The second-order valence-corrected chi connectivity index (χ2v) is 2.13. The molecule has 12 heavy (non-hydrogen) atoms. The molecule has 1 aromatic rings. The van der Waals surface area contributed by atoms with Gasteiger partial charge in [0.05, 0.1) is 10.8 Å². The maximum Gasteiger partial charge on any atom is 0.143 e. The summed E-state index contributed by atoms with van der Waals surface area (Å²) < 4.78 is 12.8. The lowest BCUT2D eigenvalue weighted by molar-refractivity contribution is 0.624. The number of isothiocyanates is 1. The number of thiocarbonyl (C=S) groups is 1. The van der Waals surface area contributed by atoms with Crippen molar-refractivity contribution in [3.8, 4) is 6.07 Å². The molecule has 0 aromatic heterocycles. The van der Waals surface area contributed by atoms with E-state index in [4.69, 9.17) is 5.26 Å². The number of aliphatic imine (C=N–C) groups is 1. The van der Waals surface area contributed by atoms with E-state index in [1.807, 2.05) is 0 Å². The molecule has 0 radical (unpaired) electrons. The summed E-state index contributed by atoms with van der Waals surface area (Å²) in [5, 5.41) is 10.6. The molecule has 1 aromatic carbocycles. The molecule has 58 valence electrons. The molecule has 0 unspecified atom stereocenters. The summed E-state index contributed by atoms with van der Waals surface area (Å²) in [6.45, 7) is 0. The van der Waals surface area contributed by atoms with Crippen LogP contribution in [0.15, 0.2) is 23.2 Å². The van der Waals surface area contributed by atoms with Crippen LogP contribution in [-0.4, -0.2) is 5.16 Å². The van der Waals surface area contributed by atoms with E-state index >= 15 is 0 Å². The Morgan fingerprint density at radius 2 is 2.25 bits per heavy atom. The smallest absolute Gasteiger partial charge is 0.143 e. The molecule has 0 N–H and O–H groups in total. The fourth-order valence-electron chi connectivity index (χ4n) is 0.766. The molecule has 0 saturated heterocycles. The highest BCUT2D eigenvalue weighted by molar-refractivity contribution is 7.78. The fraction of sp³-hybridized carbons (Fsp3) is 0. The van der Waals surface area contributed by atoms with Gasteiger partial charge in [-0.15, -0.1) is 0 Å². The van der Waals surface area contributed by atoms with Crippen LogP contribution < -0.4 is 0 Å². The van der Waals surface area contributed by atoms with Gasteiger partial charge in [-0.25, -0.2) is 4.39 Å². The zero-order chi connectivity index (χ0) is 8.97. The van der Waals surface area contributed by atoms with Crippen molar-refractivity contribution >= 4 is 23.1 Å². The number of benzene rings is 1. The molecule has 4 heteroatoms. The molecule has 0 aliphatic heterocycles. The Morgan fingerprint density at radius 1 is 1.50 bits per heavy atom. The van der Waals surface area contributed by atoms with Gasteiger partial charge in [0.2, 0.25) is 0 Å².